The summed E-state index contributed by atoms with van der Waals surface area (Å²) >= 11 is 0. The molecule has 0 unspecified atom stereocenters. The number of amides is 1. The molecule has 1 aliphatic heterocycles. The molecular formula is C21H20N4O4. The number of nitrogens with zero attached hydrogens (tertiary/aromatic N) is 2. The van der Waals surface area contributed by atoms with E-state index in [0.29, 0.717) is 28.8 Å². The van der Waals surface area contributed by atoms with Gasteiger partial charge in [0.05, 0.1) is 11.8 Å². The minimum Gasteiger partial charge on any atom is -0.489 e. The molecule has 0 aliphatic carbocycles. The normalized spacial score (nSPS) is 12.0. The second-order valence-corrected chi connectivity index (χ2v) is 6.61. The Bertz CT molecular complexity index is 1020. The summed E-state index contributed by atoms with van der Waals surface area (Å²) in [6, 6.07) is 16.0. The van der Waals surface area contributed by atoms with Crippen LogP contribution in [0.1, 0.15) is 24.3 Å². The smallest absolute Gasteiger partial charge is 0.276 e. The van der Waals surface area contributed by atoms with Crippen molar-refractivity contribution in [1.82, 2.24) is 10.2 Å². The summed E-state index contributed by atoms with van der Waals surface area (Å²) in [6.07, 6.45) is 0.0475. The van der Waals surface area contributed by atoms with E-state index in [1.165, 1.54) is 0 Å². The van der Waals surface area contributed by atoms with Crippen LogP contribution < -0.4 is 24.8 Å². The molecule has 1 aliphatic rings. The van der Waals surface area contributed by atoms with Crippen LogP contribution >= 0.6 is 0 Å². The average Bonchev–Trinajstić information content (AvgIpc) is 3.17. The van der Waals surface area contributed by atoms with Gasteiger partial charge in [0.15, 0.2) is 23.0 Å². The second-order valence-electron chi connectivity index (χ2n) is 6.61. The van der Waals surface area contributed by atoms with Gasteiger partial charge in [-0.2, -0.15) is 0 Å². The Morgan fingerprint density at radius 2 is 1.86 bits per heavy atom. The summed E-state index contributed by atoms with van der Waals surface area (Å²) in [4.78, 5) is 12.4. The van der Waals surface area contributed by atoms with Crippen molar-refractivity contribution in [2.24, 2.45) is 0 Å². The molecule has 3 aromatic rings. The van der Waals surface area contributed by atoms with Gasteiger partial charge >= 0.3 is 0 Å². The van der Waals surface area contributed by atoms with Gasteiger partial charge in [0.1, 0.15) is 5.75 Å². The van der Waals surface area contributed by atoms with E-state index in [9.17, 15) is 4.79 Å². The lowest BCUT2D eigenvalue weighted by molar-refractivity contribution is 0.102. The fourth-order valence-electron chi connectivity index (χ4n) is 2.75. The minimum atomic E-state index is -0.369. The Labute approximate surface area is 167 Å². The molecule has 0 fully saturated rings. The number of carbonyl (C=O) groups is 1. The van der Waals surface area contributed by atoms with Crippen LogP contribution in [0.4, 0.5) is 17.2 Å². The molecular weight excluding hydrogens is 372 g/mol. The van der Waals surface area contributed by atoms with Crippen molar-refractivity contribution in [3.63, 3.8) is 0 Å². The molecule has 148 valence electrons. The van der Waals surface area contributed by atoms with Gasteiger partial charge in [0, 0.05) is 11.8 Å². The van der Waals surface area contributed by atoms with E-state index in [2.05, 4.69) is 20.8 Å². The number of ether oxygens (including phenoxy) is 3. The summed E-state index contributed by atoms with van der Waals surface area (Å²) in [5.41, 5.74) is 1.55. The maximum atomic E-state index is 12.4. The Balaban J connectivity index is 1.43. The number of anilines is 3. The lowest BCUT2D eigenvalue weighted by atomic mass is 10.2. The fraction of sp³-hybridized carbons (Fsp3) is 0.190. The van der Waals surface area contributed by atoms with Crippen LogP contribution in [0.15, 0.2) is 54.6 Å². The molecule has 29 heavy (non-hydrogen) atoms. The van der Waals surface area contributed by atoms with E-state index in [1.54, 1.807) is 30.3 Å². The molecule has 0 atom stereocenters. The molecule has 0 saturated carbocycles. The molecule has 2 N–H and O–H groups in total. The zero-order valence-electron chi connectivity index (χ0n) is 16.0. The summed E-state index contributed by atoms with van der Waals surface area (Å²) in [5, 5.41) is 14.0. The van der Waals surface area contributed by atoms with Crippen LogP contribution in [-0.2, 0) is 0 Å². The first kappa shape index (κ1) is 18.5. The molecule has 0 radical (unpaired) electrons. The zero-order valence-corrected chi connectivity index (χ0v) is 16.0. The van der Waals surface area contributed by atoms with Crippen LogP contribution in [-0.4, -0.2) is 29.0 Å². The average molecular weight is 392 g/mol. The van der Waals surface area contributed by atoms with Crippen molar-refractivity contribution >= 4 is 23.1 Å². The molecule has 0 spiro atoms. The SMILES string of the molecule is CC(C)Oc1ccccc1Nc1ccc(C(=O)Nc2ccc3c(c2)OCO3)nn1. The van der Waals surface area contributed by atoms with E-state index < -0.39 is 0 Å². The van der Waals surface area contributed by atoms with Crippen LogP contribution in [0.3, 0.4) is 0 Å². The lowest BCUT2D eigenvalue weighted by Crippen LogP contribution is -2.14. The van der Waals surface area contributed by atoms with Crippen LogP contribution in [0.25, 0.3) is 0 Å². The fourth-order valence-corrected chi connectivity index (χ4v) is 2.75. The molecule has 4 rings (SSSR count). The number of benzene rings is 2. The van der Waals surface area contributed by atoms with Gasteiger partial charge in [0.25, 0.3) is 5.91 Å². The summed E-state index contributed by atoms with van der Waals surface area (Å²) < 4.78 is 16.4. The van der Waals surface area contributed by atoms with Gasteiger partial charge in [-0.3, -0.25) is 4.79 Å². The number of aromatic nitrogens is 2. The lowest BCUT2D eigenvalue weighted by Gasteiger charge is -2.14. The Morgan fingerprint density at radius 3 is 2.66 bits per heavy atom. The third-order valence-corrected chi connectivity index (χ3v) is 4.04. The van der Waals surface area contributed by atoms with Crippen molar-refractivity contribution in [3.8, 4) is 17.2 Å². The van der Waals surface area contributed by atoms with Gasteiger partial charge in [-0.05, 0) is 50.2 Å². The van der Waals surface area contributed by atoms with E-state index in [1.807, 2.05) is 38.1 Å². The van der Waals surface area contributed by atoms with E-state index in [4.69, 9.17) is 14.2 Å². The van der Waals surface area contributed by atoms with E-state index >= 15 is 0 Å². The Kier molecular flexibility index (Phi) is 5.15. The maximum Gasteiger partial charge on any atom is 0.276 e. The highest BCUT2D eigenvalue weighted by Gasteiger charge is 2.15. The van der Waals surface area contributed by atoms with Crippen LogP contribution in [0, 0.1) is 0 Å². The number of rotatable bonds is 6. The monoisotopic (exact) mass is 392 g/mol. The predicted octanol–water partition coefficient (Wildman–Crippen LogP) is 3.99. The predicted molar refractivity (Wildman–Crippen MR) is 108 cm³/mol. The summed E-state index contributed by atoms with van der Waals surface area (Å²) in [5.74, 6) is 2.10. The third kappa shape index (κ3) is 4.37. The number of fused-ring (bicyclic) bond motifs is 1. The van der Waals surface area contributed by atoms with Crippen molar-refractivity contribution in [3.05, 3.63) is 60.3 Å². The van der Waals surface area contributed by atoms with Gasteiger partial charge in [0.2, 0.25) is 6.79 Å². The highest BCUT2D eigenvalue weighted by Crippen LogP contribution is 2.34. The first-order chi connectivity index (χ1) is 14.1. The number of carbonyl (C=O) groups excluding carboxylic acids is 1. The Morgan fingerprint density at radius 1 is 1.03 bits per heavy atom. The maximum absolute atomic E-state index is 12.4. The van der Waals surface area contributed by atoms with Gasteiger partial charge in [-0.25, -0.2) is 0 Å². The number of para-hydroxylation sites is 2. The molecule has 1 amide bonds. The highest BCUT2D eigenvalue weighted by molar-refractivity contribution is 6.03. The van der Waals surface area contributed by atoms with Gasteiger partial charge < -0.3 is 24.8 Å². The van der Waals surface area contributed by atoms with E-state index in [-0.39, 0.29) is 24.5 Å². The first-order valence-corrected chi connectivity index (χ1v) is 9.16. The van der Waals surface area contributed by atoms with Crippen LogP contribution in [0.5, 0.6) is 17.2 Å². The molecule has 0 saturated heterocycles. The molecule has 1 aromatic heterocycles. The zero-order chi connectivity index (χ0) is 20.2. The second kappa shape index (κ2) is 8.05. The standard InChI is InChI=1S/C21H20N4O4/c1-13(2)29-17-6-4-3-5-15(17)23-20-10-8-16(24-25-20)21(26)22-14-7-9-18-19(11-14)28-12-27-18/h3-11,13H,12H2,1-2H3,(H,22,26)(H,23,25). The first-order valence-electron chi connectivity index (χ1n) is 9.16. The molecule has 8 heteroatoms. The minimum absolute atomic E-state index is 0.0475. The quantitative estimate of drug-likeness (QED) is 0.655. The summed E-state index contributed by atoms with van der Waals surface area (Å²) in [6.45, 7) is 4.10. The molecule has 2 aromatic carbocycles. The van der Waals surface area contributed by atoms with Crippen molar-refractivity contribution in [2.75, 3.05) is 17.4 Å². The van der Waals surface area contributed by atoms with Crippen molar-refractivity contribution in [1.29, 1.82) is 0 Å². The summed E-state index contributed by atoms with van der Waals surface area (Å²) in [7, 11) is 0. The van der Waals surface area contributed by atoms with E-state index in [0.717, 1.165) is 5.69 Å². The molecule has 8 nitrogen and oxygen atoms in total. The van der Waals surface area contributed by atoms with Gasteiger partial charge in [-0.1, -0.05) is 12.1 Å². The topological polar surface area (TPSA) is 94.6 Å². The third-order valence-electron chi connectivity index (χ3n) is 4.04. The number of hydrogen-bond acceptors (Lipinski definition) is 7. The van der Waals surface area contributed by atoms with Gasteiger partial charge in [-0.15, -0.1) is 10.2 Å². The Hall–Kier alpha value is -3.81. The highest BCUT2D eigenvalue weighted by atomic mass is 16.7. The van der Waals surface area contributed by atoms with Crippen LogP contribution in [0.2, 0.25) is 0 Å². The number of hydrogen-bond donors (Lipinski definition) is 2. The number of nitrogens with one attached hydrogen (secondary N) is 2. The van der Waals surface area contributed by atoms with Crippen molar-refractivity contribution < 1.29 is 19.0 Å². The molecule has 0 bridgehead atoms. The largest absolute Gasteiger partial charge is 0.489 e. The molecule has 2 heterocycles. The van der Waals surface area contributed by atoms with Crippen molar-refractivity contribution in [2.45, 2.75) is 20.0 Å².